The number of rotatable bonds is 8. The zero-order chi connectivity index (χ0) is 22.3. The Balaban J connectivity index is 1.37. The average molecular weight is 434 g/mol. The van der Waals surface area contributed by atoms with Crippen molar-refractivity contribution in [3.63, 3.8) is 0 Å². The second-order valence-electron chi connectivity index (χ2n) is 7.86. The van der Waals surface area contributed by atoms with Gasteiger partial charge in [0.25, 0.3) is 11.5 Å². The molecule has 1 saturated heterocycles. The molecule has 0 bridgehead atoms. The van der Waals surface area contributed by atoms with Gasteiger partial charge in [-0.2, -0.15) is 0 Å². The van der Waals surface area contributed by atoms with E-state index in [0.29, 0.717) is 36.6 Å². The summed E-state index contributed by atoms with van der Waals surface area (Å²) in [4.78, 5) is 30.1. The quantitative estimate of drug-likeness (QED) is 0.587. The van der Waals surface area contributed by atoms with Crippen LogP contribution in [0, 0.1) is 6.92 Å². The van der Waals surface area contributed by atoms with Gasteiger partial charge in [0, 0.05) is 36.8 Å². The zero-order valence-corrected chi connectivity index (χ0v) is 18.1. The molecule has 0 radical (unpaired) electrons. The molecule has 32 heavy (non-hydrogen) atoms. The minimum atomic E-state index is -0.419. The summed E-state index contributed by atoms with van der Waals surface area (Å²) in [5.74, 6) is 0.284. The van der Waals surface area contributed by atoms with Gasteiger partial charge in [-0.05, 0) is 67.8 Å². The fraction of sp³-hybridized carbons (Fsp3) is 0.320. The van der Waals surface area contributed by atoms with Crippen LogP contribution in [-0.2, 0) is 17.7 Å². The summed E-state index contributed by atoms with van der Waals surface area (Å²) in [6.07, 6.45) is 6.16. The summed E-state index contributed by atoms with van der Waals surface area (Å²) >= 11 is 0. The molecule has 1 unspecified atom stereocenters. The second-order valence-corrected chi connectivity index (χ2v) is 7.86. The molecule has 1 atom stereocenters. The molecule has 2 aromatic heterocycles. The van der Waals surface area contributed by atoms with Gasteiger partial charge in [0.2, 0.25) is 0 Å². The lowest BCUT2D eigenvalue weighted by Gasteiger charge is -2.14. The first-order valence-corrected chi connectivity index (χ1v) is 10.9. The first-order chi connectivity index (χ1) is 15.6. The average Bonchev–Trinajstić information content (AvgIpc) is 3.31. The van der Waals surface area contributed by atoms with Crippen LogP contribution >= 0.6 is 0 Å². The SMILES string of the molecule is Cc1ccn(CC2CCCO2)c(=O)c1C(=O)Nc1ccc(OCCc2ccccn2)cc1. The fourth-order valence-corrected chi connectivity index (χ4v) is 3.74. The van der Waals surface area contributed by atoms with Crippen LogP contribution in [0.1, 0.15) is 34.5 Å². The number of benzene rings is 1. The van der Waals surface area contributed by atoms with Crippen LogP contribution in [-0.4, -0.2) is 34.8 Å². The Bertz CT molecular complexity index is 1100. The van der Waals surface area contributed by atoms with Crippen LogP contribution in [0.3, 0.4) is 0 Å². The molecule has 7 heteroatoms. The largest absolute Gasteiger partial charge is 0.493 e. The van der Waals surface area contributed by atoms with E-state index in [-0.39, 0.29) is 17.2 Å². The number of hydrogen-bond acceptors (Lipinski definition) is 5. The van der Waals surface area contributed by atoms with Crippen molar-refractivity contribution in [2.45, 2.75) is 38.8 Å². The highest BCUT2D eigenvalue weighted by Gasteiger charge is 2.20. The van der Waals surface area contributed by atoms with Gasteiger partial charge < -0.3 is 19.4 Å². The number of nitrogens with one attached hydrogen (secondary N) is 1. The standard InChI is InChI=1S/C25H27N3O4/c1-18-11-14-28(17-22-6-4-15-31-22)25(30)23(18)24(29)27-20-7-9-21(10-8-20)32-16-12-19-5-2-3-13-26-19/h2-3,5,7-11,13-14,22H,4,6,12,15-17H2,1H3,(H,27,29). The number of amides is 1. The smallest absolute Gasteiger partial charge is 0.263 e. The molecule has 4 rings (SSSR count). The molecule has 1 N–H and O–H groups in total. The van der Waals surface area contributed by atoms with Gasteiger partial charge in [0.15, 0.2) is 0 Å². The molecule has 1 aromatic carbocycles. The maximum atomic E-state index is 12.9. The van der Waals surface area contributed by atoms with E-state index in [1.54, 1.807) is 54.2 Å². The molecule has 3 aromatic rings. The topological polar surface area (TPSA) is 82.5 Å². The summed E-state index contributed by atoms with van der Waals surface area (Å²) < 4.78 is 12.9. The van der Waals surface area contributed by atoms with Gasteiger partial charge in [-0.25, -0.2) is 0 Å². The third-order valence-corrected chi connectivity index (χ3v) is 5.49. The van der Waals surface area contributed by atoms with Crippen molar-refractivity contribution in [3.05, 3.63) is 88.1 Å². The molecule has 0 aliphatic carbocycles. The Kier molecular flexibility index (Phi) is 6.97. The van der Waals surface area contributed by atoms with E-state index >= 15 is 0 Å². The Morgan fingerprint density at radius 3 is 2.78 bits per heavy atom. The molecule has 166 valence electrons. The Hall–Kier alpha value is -3.45. The number of ether oxygens (including phenoxy) is 2. The van der Waals surface area contributed by atoms with Crippen LogP contribution in [0.15, 0.2) is 65.7 Å². The van der Waals surface area contributed by atoms with Crippen molar-refractivity contribution in [3.8, 4) is 5.75 Å². The summed E-state index contributed by atoms with van der Waals surface area (Å²) in [5.41, 5.74) is 2.07. The number of carbonyl (C=O) groups excluding carboxylic acids is 1. The normalized spacial score (nSPS) is 15.5. The highest BCUT2D eigenvalue weighted by molar-refractivity contribution is 6.05. The maximum Gasteiger partial charge on any atom is 0.263 e. The number of aromatic nitrogens is 2. The lowest BCUT2D eigenvalue weighted by molar-refractivity contribution is 0.0952. The molecule has 7 nitrogen and oxygen atoms in total. The Labute approximate surface area is 187 Å². The third-order valence-electron chi connectivity index (χ3n) is 5.49. The van der Waals surface area contributed by atoms with E-state index < -0.39 is 5.91 Å². The molecular formula is C25H27N3O4. The second kappa shape index (κ2) is 10.2. The van der Waals surface area contributed by atoms with Crippen molar-refractivity contribution in [2.24, 2.45) is 0 Å². The molecule has 0 saturated carbocycles. The molecule has 0 spiro atoms. The van der Waals surface area contributed by atoms with Crippen molar-refractivity contribution in [1.29, 1.82) is 0 Å². The summed E-state index contributed by atoms with van der Waals surface area (Å²) in [6.45, 7) is 3.47. The van der Waals surface area contributed by atoms with Gasteiger partial charge in [0.1, 0.15) is 11.3 Å². The number of anilines is 1. The van der Waals surface area contributed by atoms with Crippen molar-refractivity contribution in [2.75, 3.05) is 18.5 Å². The number of nitrogens with zero attached hydrogens (tertiary/aromatic N) is 2. The summed E-state index contributed by atoms with van der Waals surface area (Å²) in [5, 5.41) is 2.82. The maximum absolute atomic E-state index is 12.9. The lowest BCUT2D eigenvalue weighted by Crippen LogP contribution is -2.32. The van der Waals surface area contributed by atoms with Crippen LogP contribution in [0.5, 0.6) is 5.75 Å². The molecule has 1 amide bonds. The predicted octanol–water partition coefficient (Wildman–Crippen LogP) is 3.60. The van der Waals surface area contributed by atoms with E-state index in [1.165, 1.54) is 0 Å². The first kappa shape index (κ1) is 21.8. The summed E-state index contributed by atoms with van der Waals surface area (Å²) in [7, 11) is 0. The molecular weight excluding hydrogens is 406 g/mol. The summed E-state index contributed by atoms with van der Waals surface area (Å²) in [6, 6.07) is 14.7. The monoisotopic (exact) mass is 433 g/mol. The van der Waals surface area contributed by atoms with Crippen molar-refractivity contribution >= 4 is 11.6 Å². The van der Waals surface area contributed by atoms with Crippen LogP contribution in [0.25, 0.3) is 0 Å². The van der Waals surface area contributed by atoms with E-state index in [1.807, 2.05) is 18.2 Å². The van der Waals surface area contributed by atoms with Crippen LogP contribution in [0.2, 0.25) is 0 Å². The third kappa shape index (κ3) is 5.42. The van der Waals surface area contributed by atoms with E-state index in [2.05, 4.69) is 10.3 Å². The van der Waals surface area contributed by atoms with Gasteiger partial charge in [-0.15, -0.1) is 0 Å². The Morgan fingerprint density at radius 1 is 1.22 bits per heavy atom. The number of aryl methyl sites for hydroxylation is 1. The number of pyridine rings is 2. The number of carbonyl (C=O) groups is 1. The highest BCUT2D eigenvalue weighted by atomic mass is 16.5. The Morgan fingerprint density at radius 2 is 2.06 bits per heavy atom. The lowest BCUT2D eigenvalue weighted by atomic mass is 10.1. The van der Waals surface area contributed by atoms with E-state index in [9.17, 15) is 9.59 Å². The van der Waals surface area contributed by atoms with Crippen LogP contribution < -0.4 is 15.6 Å². The predicted molar refractivity (Wildman–Crippen MR) is 122 cm³/mol. The van der Waals surface area contributed by atoms with Gasteiger partial charge in [-0.1, -0.05) is 6.07 Å². The molecule has 1 aliphatic heterocycles. The minimum Gasteiger partial charge on any atom is -0.493 e. The van der Waals surface area contributed by atoms with Crippen molar-refractivity contribution in [1.82, 2.24) is 9.55 Å². The van der Waals surface area contributed by atoms with Gasteiger partial charge in [-0.3, -0.25) is 14.6 Å². The highest BCUT2D eigenvalue weighted by Crippen LogP contribution is 2.18. The molecule has 1 fully saturated rings. The van der Waals surface area contributed by atoms with E-state index in [0.717, 1.165) is 25.1 Å². The van der Waals surface area contributed by atoms with Crippen molar-refractivity contribution < 1.29 is 14.3 Å². The van der Waals surface area contributed by atoms with Gasteiger partial charge in [0.05, 0.1) is 19.3 Å². The molecule has 1 aliphatic rings. The minimum absolute atomic E-state index is 0.0246. The zero-order valence-electron chi connectivity index (χ0n) is 18.1. The number of hydrogen-bond donors (Lipinski definition) is 1. The van der Waals surface area contributed by atoms with Crippen LogP contribution in [0.4, 0.5) is 5.69 Å². The van der Waals surface area contributed by atoms with Gasteiger partial charge >= 0.3 is 0 Å². The fourth-order valence-electron chi connectivity index (χ4n) is 3.74. The van der Waals surface area contributed by atoms with E-state index in [4.69, 9.17) is 9.47 Å². The first-order valence-electron chi connectivity index (χ1n) is 10.9. The molecule has 3 heterocycles.